The van der Waals surface area contributed by atoms with Crippen LogP contribution in [0.1, 0.15) is 28.8 Å². The van der Waals surface area contributed by atoms with Crippen molar-refractivity contribution in [1.82, 2.24) is 19.4 Å². The zero-order chi connectivity index (χ0) is 22.6. The number of nitriles is 1. The Morgan fingerprint density at radius 1 is 1.12 bits per heavy atom. The summed E-state index contributed by atoms with van der Waals surface area (Å²) in [7, 11) is 0. The maximum absolute atomic E-state index is 12.2. The second-order valence-electron chi connectivity index (χ2n) is 8.31. The van der Waals surface area contributed by atoms with Crippen LogP contribution in [0.2, 0.25) is 0 Å². The summed E-state index contributed by atoms with van der Waals surface area (Å²) in [6.07, 6.45) is 1.72. The summed E-state index contributed by atoms with van der Waals surface area (Å²) in [4.78, 5) is 22.4. The number of pyridine rings is 1. The number of aryl methyl sites for hydroxylation is 1. The van der Waals surface area contributed by atoms with E-state index in [0.29, 0.717) is 12.1 Å². The maximum Gasteiger partial charge on any atom is 0.326 e. The summed E-state index contributed by atoms with van der Waals surface area (Å²) in [5.41, 5.74) is 5.92. The van der Waals surface area contributed by atoms with Gasteiger partial charge in [-0.2, -0.15) is 5.26 Å². The molecule has 1 aliphatic rings. The maximum atomic E-state index is 12.2. The number of nitrogens with zero attached hydrogens (tertiary/aromatic N) is 4. The highest BCUT2D eigenvalue weighted by Crippen LogP contribution is 2.27. The molecule has 3 heterocycles. The lowest BCUT2D eigenvalue weighted by atomic mass is 10.0. The van der Waals surface area contributed by atoms with E-state index < -0.39 is 0 Å². The number of aromatic amines is 1. The molecule has 4 aromatic rings. The fourth-order valence-electron chi connectivity index (χ4n) is 4.40. The summed E-state index contributed by atoms with van der Waals surface area (Å²) in [6, 6.07) is 22.6. The van der Waals surface area contributed by atoms with Crippen molar-refractivity contribution in [3.8, 4) is 6.07 Å². The van der Waals surface area contributed by atoms with Crippen molar-refractivity contribution in [3.63, 3.8) is 0 Å². The van der Waals surface area contributed by atoms with Gasteiger partial charge in [0.25, 0.3) is 0 Å². The van der Waals surface area contributed by atoms with Crippen molar-refractivity contribution in [3.05, 3.63) is 93.5 Å². The fraction of sp³-hybridized carbons (Fsp3) is 0.269. The monoisotopic (exact) mass is 455 g/mol. The van der Waals surface area contributed by atoms with Crippen molar-refractivity contribution in [2.75, 3.05) is 12.3 Å². The van der Waals surface area contributed by atoms with Gasteiger partial charge in [0, 0.05) is 44.0 Å². The first-order valence-electron chi connectivity index (χ1n) is 11.2. The van der Waals surface area contributed by atoms with E-state index in [1.165, 1.54) is 5.56 Å². The highest BCUT2D eigenvalue weighted by Gasteiger charge is 2.20. The number of aromatic nitrogens is 3. The molecule has 7 heteroatoms. The fourth-order valence-corrected chi connectivity index (χ4v) is 5.30. The van der Waals surface area contributed by atoms with E-state index in [1.54, 1.807) is 16.3 Å². The number of rotatable bonds is 7. The predicted octanol–water partition coefficient (Wildman–Crippen LogP) is 4.34. The molecule has 0 saturated carbocycles. The van der Waals surface area contributed by atoms with Gasteiger partial charge in [-0.05, 0) is 35.7 Å². The van der Waals surface area contributed by atoms with E-state index in [9.17, 15) is 10.1 Å². The molecule has 1 aliphatic heterocycles. The first-order valence-corrected chi connectivity index (χ1v) is 12.2. The Kier molecular flexibility index (Phi) is 6.29. The molecule has 0 amide bonds. The van der Waals surface area contributed by atoms with E-state index in [1.807, 2.05) is 36.4 Å². The molecule has 6 nitrogen and oxygen atoms in total. The van der Waals surface area contributed by atoms with Crippen molar-refractivity contribution >= 4 is 22.8 Å². The summed E-state index contributed by atoms with van der Waals surface area (Å²) in [6.45, 7) is 3.33. The lowest BCUT2D eigenvalue weighted by molar-refractivity contribution is 0.243. The quantitative estimate of drug-likeness (QED) is 0.331. The Morgan fingerprint density at radius 3 is 2.79 bits per heavy atom. The average Bonchev–Trinajstić information content (AvgIpc) is 3.17. The predicted molar refractivity (Wildman–Crippen MR) is 131 cm³/mol. The smallest absolute Gasteiger partial charge is 0.306 e. The summed E-state index contributed by atoms with van der Waals surface area (Å²) in [5, 5.41) is 10.5. The van der Waals surface area contributed by atoms with Crippen LogP contribution in [0.15, 0.2) is 70.5 Å². The minimum absolute atomic E-state index is 0.0779. The van der Waals surface area contributed by atoms with Crippen molar-refractivity contribution in [2.45, 2.75) is 37.5 Å². The van der Waals surface area contributed by atoms with Crippen LogP contribution < -0.4 is 5.69 Å². The Bertz CT molecular complexity index is 1370. The molecule has 2 aromatic carbocycles. The number of H-pyrrole nitrogens is 1. The molecule has 33 heavy (non-hydrogen) atoms. The van der Waals surface area contributed by atoms with Gasteiger partial charge in [-0.25, -0.2) is 9.78 Å². The van der Waals surface area contributed by atoms with E-state index in [2.05, 4.69) is 40.2 Å². The van der Waals surface area contributed by atoms with E-state index in [-0.39, 0.29) is 5.69 Å². The van der Waals surface area contributed by atoms with Gasteiger partial charge >= 0.3 is 5.69 Å². The zero-order valence-electron chi connectivity index (χ0n) is 18.3. The van der Waals surface area contributed by atoms with Crippen molar-refractivity contribution in [2.24, 2.45) is 0 Å². The highest BCUT2D eigenvalue weighted by molar-refractivity contribution is 7.99. The molecule has 5 rings (SSSR count). The van der Waals surface area contributed by atoms with Gasteiger partial charge in [0.2, 0.25) is 0 Å². The zero-order valence-corrected chi connectivity index (χ0v) is 19.1. The van der Waals surface area contributed by atoms with Gasteiger partial charge in [-0.1, -0.05) is 42.5 Å². The first kappa shape index (κ1) is 21.5. The number of thioether (sulfide) groups is 1. The van der Waals surface area contributed by atoms with Crippen LogP contribution in [0.4, 0.5) is 0 Å². The number of para-hydroxylation sites is 2. The third-order valence-electron chi connectivity index (χ3n) is 6.03. The SMILES string of the molecule is N#Cc1cc2c(nc1SCCCn1c(=O)[nH]c3ccccc31)CCN(Cc1ccccc1)C2. The summed E-state index contributed by atoms with van der Waals surface area (Å²) < 4.78 is 1.78. The number of benzene rings is 2. The first-order chi connectivity index (χ1) is 16.2. The Morgan fingerprint density at radius 2 is 1.94 bits per heavy atom. The van der Waals surface area contributed by atoms with Crippen LogP contribution in [0, 0.1) is 11.3 Å². The van der Waals surface area contributed by atoms with Crippen molar-refractivity contribution in [1.29, 1.82) is 5.26 Å². The van der Waals surface area contributed by atoms with Gasteiger partial charge in [0.1, 0.15) is 11.1 Å². The average molecular weight is 456 g/mol. The molecule has 0 aliphatic carbocycles. The normalized spacial score (nSPS) is 13.7. The Hall–Kier alpha value is -3.34. The number of hydrogen-bond donors (Lipinski definition) is 1. The van der Waals surface area contributed by atoms with Gasteiger partial charge in [0.15, 0.2) is 0 Å². The topological polar surface area (TPSA) is 77.7 Å². The van der Waals surface area contributed by atoms with E-state index in [4.69, 9.17) is 4.98 Å². The molecule has 0 saturated heterocycles. The van der Waals surface area contributed by atoms with Crippen LogP contribution in [-0.2, 0) is 26.1 Å². The number of nitrogens with one attached hydrogen (secondary N) is 1. The molecule has 2 aromatic heterocycles. The molecule has 0 bridgehead atoms. The van der Waals surface area contributed by atoms with Crippen LogP contribution in [-0.4, -0.2) is 31.7 Å². The number of hydrogen-bond acceptors (Lipinski definition) is 5. The second-order valence-corrected chi connectivity index (χ2v) is 9.39. The lowest BCUT2D eigenvalue weighted by Gasteiger charge is -2.28. The molecule has 0 unspecified atom stereocenters. The molecule has 0 spiro atoms. The summed E-state index contributed by atoms with van der Waals surface area (Å²) >= 11 is 1.61. The molecule has 0 atom stereocenters. The third-order valence-corrected chi connectivity index (χ3v) is 7.11. The van der Waals surface area contributed by atoms with Crippen LogP contribution in [0.25, 0.3) is 11.0 Å². The van der Waals surface area contributed by atoms with Crippen LogP contribution in [0.3, 0.4) is 0 Å². The second kappa shape index (κ2) is 9.65. The molecule has 0 radical (unpaired) electrons. The van der Waals surface area contributed by atoms with Gasteiger partial charge in [0.05, 0.1) is 16.6 Å². The van der Waals surface area contributed by atoms with Gasteiger partial charge < -0.3 is 4.98 Å². The highest BCUT2D eigenvalue weighted by atomic mass is 32.2. The van der Waals surface area contributed by atoms with E-state index in [0.717, 1.165) is 65.5 Å². The Labute approximate surface area is 196 Å². The van der Waals surface area contributed by atoms with E-state index >= 15 is 0 Å². The van der Waals surface area contributed by atoms with Crippen molar-refractivity contribution < 1.29 is 0 Å². The molecular formula is C26H25N5OS. The van der Waals surface area contributed by atoms with Crippen LogP contribution >= 0.6 is 11.8 Å². The van der Waals surface area contributed by atoms with Gasteiger partial charge in [-0.3, -0.25) is 9.47 Å². The molecule has 1 N–H and O–H groups in total. The largest absolute Gasteiger partial charge is 0.326 e. The van der Waals surface area contributed by atoms with Gasteiger partial charge in [-0.15, -0.1) is 11.8 Å². The number of fused-ring (bicyclic) bond motifs is 2. The third kappa shape index (κ3) is 4.72. The summed E-state index contributed by atoms with van der Waals surface area (Å²) in [5.74, 6) is 0.798. The minimum atomic E-state index is -0.0779. The molecule has 166 valence electrons. The molecule has 0 fully saturated rings. The minimum Gasteiger partial charge on any atom is -0.306 e. The Balaban J connectivity index is 1.23. The number of imidazole rings is 1. The molecular weight excluding hydrogens is 430 g/mol. The standard InChI is InChI=1S/C26H25N5OS/c27-16-20-15-21-18-30(17-19-7-2-1-3-8-19)13-11-22(21)28-25(20)33-14-6-12-31-24-10-5-4-9-23(24)29-26(31)32/h1-5,7-10,15H,6,11-14,17-18H2,(H,29,32). The lowest BCUT2D eigenvalue weighted by Crippen LogP contribution is -2.30. The van der Waals surface area contributed by atoms with Crippen LogP contribution in [0.5, 0.6) is 0 Å².